The Morgan fingerprint density at radius 3 is 2.81 bits per heavy atom. The van der Waals surface area contributed by atoms with Crippen LogP contribution in [0, 0.1) is 5.82 Å². The predicted octanol–water partition coefficient (Wildman–Crippen LogP) is 2.18. The lowest BCUT2D eigenvalue weighted by Gasteiger charge is -2.13. The van der Waals surface area contributed by atoms with E-state index in [9.17, 15) is 14.0 Å². The molecule has 114 valence electrons. The molecule has 1 aromatic carbocycles. The summed E-state index contributed by atoms with van der Waals surface area (Å²) in [5, 5.41) is 2.74. The predicted molar refractivity (Wildman–Crippen MR) is 76.3 cm³/mol. The smallest absolute Gasteiger partial charge is 0.344 e. The molecule has 7 heteroatoms. The molecule has 0 aromatic heterocycles. The topological polar surface area (TPSA) is 64.6 Å². The highest BCUT2D eigenvalue weighted by molar-refractivity contribution is 9.10. The molecule has 1 aliphatic rings. The standard InChI is InChI=1S/C14H15BrFNO4/c1-8(14(19)17-10-3-4-10)21-13(18)7-20-12-5-2-9(16)6-11(12)15/h2,5-6,8,10H,3-4,7H2,1H3,(H,17,19). The Balaban J connectivity index is 1.77. The van der Waals surface area contributed by atoms with Gasteiger partial charge in [-0.1, -0.05) is 0 Å². The fraction of sp³-hybridized carbons (Fsp3) is 0.429. The van der Waals surface area contributed by atoms with Crippen molar-refractivity contribution in [3.8, 4) is 5.75 Å². The summed E-state index contributed by atoms with van der Waals surface area (Å²) in [7, 11) is 0. The molecule has 0 heterocycles. The Labute approximate surface area is 129 Å². The van der Waals surface area contributed by atoms with Crippen molar-refractivity contribution in [1.82, 2.24) is 5.32 Å². The Morgan fingerprint density at radius 1 is 1.48 bits per heavy atom. The van der Waals surface area contributed by atoms with E-state index >= 15 is 0 Å². The maximum Gasteiger partial charge on any atom is 0.344 e. The lowest BCUT2D eigenvalue weighted by Crippen LogP contribution is -2.37. The van der Waals surface area contributed by atoms with Gasteiger partial charge in [0.2, 0.25) is 0 Å². The third-order valence-corrected chi connectivity index (χ3v) is 3.46. The van der Waals surface area contributed by atoms with Crippen molar-refractivity contribution in [2.24, 2.45) is 0 Å². The number of hydrogen-bond acceptors (Lipinski definition) is 4. The quantitative estimate of drug-likeness (QED) is 0.790. The van der Waals surface area contributed by atoms with Crippen LogP contribution in [0.1, 0.15) is 19.8 Å². The molecule has 0 bridgehead atoms. The monoisotopic (exact) mass is 359 g/mol. The summed E-state index contributed by atoms with van der Waals surface area (Å²) < 4.78 is 23.5. The van der Waals surface area contributed by atoms with Crippen LogP contribution in [0.4, 0.5) is 4.39 Å². The van der Waals surface area contributed by atoms with Gasteiger partial charge in [0.15, 0.2) is 12.7 Å². The van der Waals surface area contributed by atoms with E-state index < -0.39 is 17.9 Å². The van der Waals surface area contributed by atoms with Gasteiger partial charge in [-0.2, -0.15) is 0 Å². The number of carbonyl (C=O) groups is 2. The van der Waals surface area contributed by atoms with Crippen molar-refractivity contribution in [2.45, 2.75) is 31.9 Å². The highest BCUT2D eigenvalue weighted by Crippen LogP contribution is 2.25. The highest BCUT2D eigenvalue weighted by atomic mass is 79.9. The molecular weight excluding hydrogens is 345 g/mol. The number of halogens is 2. The number of hydrogen-bond donors (Lipinski definition) is 1. The normalized spacial score (nSPS) is 15.2. The molecule has 0 radical (unpaired) electrons. The lowest BCUT2D eigenvalue weighted by molar-refractivity contribution is -0.156. The van der Waals surface area contributed by atoms with Gasteiger partial charge in [0, 0.05) is 6.04 Å². The fourth-order valence-corrected chi connectivity index (χ4v) is 2.03. The zero-order valence-electron chi connectivity index (χ0n) is 11.4. The molecule has 1 atom stereocenters. The molecule has 21 heavy (non-hydrogen) atoms. The van der Waals surface area contributed by atoms with Crippen LogP contribution in [-0.2, 0) is 14.3 Å². The SMILES string of the molecule is CC(OC(=O)COc1ccc(F)cc1Br)C(=O)NC1CC1. The molecule has 0 aliphatic heterocycles. The van der Waals surface area contributed by atoms with Crippen LogP contribution < -0.4 is 10.1 Å². The summed E-state index contributed by atoms with van der Waals surface area (Å²) in [6.07, 6.45) is 1.07. The Morgan fingerprint density at radius 2 is 2.19 bits per heavy atom. The highest BCUT2D eigenvalue weighted by Gasteiger charge is 2.27. The van der Waals surface area contributed by atoms with E-state index in [0.29, 0.717) is 10.2 Å². The molecular formula is C14H15BrFNO4. The summed E-state index contributed by atoms with van der Waals surface area (Å²) in [5.41, 5.74) is 0. The van der Waals surface area contributed by atoms with Gasteiger partial charge < -0.3 is 14.8 Å². The first kappa shape index (κ1) is 15.8. The molecule has 1 aromatic rings. The summed E-state index contributed by atoms with van der Waals surface area (Å²) in [6.45, 7) is 1.15. The Kier molecular flexibility index (Phi) is 5.17. The van der Waals surface area contributed by atoms with Crippen LogP contribution >= 0.6 is 15.9 Å². The Hall–Kier alpha value is -1.63. The largest absolute Gasteiger partial charge is 0.481 e. The van der Waals surface area contributed by atoms with Crippen LogP contribution in [0.15, 0.2) is 22.7 Å². The van der Waals surface area contributed by atoms with Gasteiger partial charge in [-0.25, -0.2) is 9.18 Å². The minimum absolute atomic E-state index is 0.213. The van der Waals surface area contributed by atoms with Gasteiger partial charge in [-0.15, -0.1) is 0 Å². The second kappa shape index (κ2) is 6.89. The van der Waals surface area contributed by atoms with E-state index in [2.05, 4.69) is 21.2 Å². The van der Waals surface area contributed by atoms with Crippen LogP contribution in [-0.4, -0.2) is 30.6 Å². The second-order valence-corrected chi connectivity index (χ2v) is 5.63. The van der Waals surface area contributed by atoms with E-state index in [-0.39, 0.29) is 18.6 Å². The van der Waals surface area contributed by atoms with E-state index in [4.69, 9.17) is 9.47 Å². The first-order valence-corrected chi connectivity index (χ1v) is 7.32. The number of carbonyl (C=O) groups excluding carboxylic acids is 2. The fourth-order valence-electron chi connectivity index (χ4n) is 1.56. The minimum Gasteiger partial charge on any atom is -0.481 e. The molecule has 2 rings (SSSR count). The zero-order valence-corrected chi connectivity index (χ0v) is 13.0. The molecule has 1 aliphatic carbocycles. The summed E-state index contributed by atoms with van der Waals surface area (Å²) in [5.74, 6) is -1.07. The summed E-state index contributed by atoms with van der Waals surface area (Å²) in [4.78, 5) is 23.2. The van der Waals surface area contributed by atoms with Gasteiger partial charge in [-0.3, -0.25) is 4.79 Å². The molecule has 1 amide bonds. The van der Waals surface area contributed by atoms with Crippen LogP contribution in [0.2, 0.25) is 0 Å². The first-order valence-electron chi connectivity index (χ1n) is 6.53. The van der Waals surface area contributed by atoms with Gasteiger partial charge in [0.25, 0.3) is 5.91 Å². The summed E-state index contributed by atoms with van der Waals surface area (Å²) >= 11 is 3.12. The number of benzene rings is 1. The molecule has 0 spiro atoms. The third-order valence-electron chi connectivity index (χ3n) is 2.84. The average molecular weight is 360 g/mol. The number of esters is 1. The van der Waals surface area contributed by atoms with Crippen LogP contribution in [0.25, 0.3) is 0 Å². The molecule has 5 nitrogen and oxygen atoms in total. The minimum atomic E-state index is -0.863. The lowest BCUT2D eigenvalue weighted by atomic mass is 10.3. The van der Waals surface area contributed by atoms with Crippen molar-refractivity contribution in [3.05, 3.63) is 28.5 Å². The van der Waals surface area contributed by atoms with E-state index in [1.807, 2.05) is 0 Å². The van der Waals surface area contributed by atoms with Crippen molar-refractivity contribution >= 4 is 27.8 Å². The number of rotatable bonds is 6. The Bertz CT molecular complexity index is 548. The van der Waals surface area contributed by atoms with Crippen molar-refractivity contribution < 1.29 is 23.5 Å². The molecule has 0 saturated heterocycles. The maximum absolute atomic E-state index is 12.9. The van der Waals surface area contributed by atoms with E-state index in [1.165, 1.54) is 25.1 Å². The number of amides is 1. The van der Waals surface area contributed by atoms with Gasteiger partial charge in [0.1, 0.15) is 11.6 Å². The van der Waals surface area contributed by atoms with E-state index in [1.54, 1.807) is 0 Å². The zero-order chi connectivity index (χ0) is 15.4. The van der Waals surface area contributed by atoms with E-state index in [0.717, 1.165) is 12.8 Å². The second-order valence-electron chi connectivity index (χ2n) is 4.78. The van der Waals surface area contributed by atoms with Gasteiger partial charge in [0.05, 0.1) is 4.47 Å². The summed E-state index contributed by atoms with van der Waals surface area (Å²) in [6, 6.07) is 4.06. The maximum atomic E-state index is 12.9. The van der Waals surface area contributed by atoms with Crippen molar-refractivity contribution in [2.75, 3.05) is 6.61 Å². The van der Waals surface area contributed by atoms with Crippen molar-refractivity contribution in [3.63, 3.8) is 0 Å². The first-order chi connectivity index (χ1) is 9.95. The van der Waals surface area contributed by atoms with Crippen LogP contribution in [0.5, 0.6) is 5.75 Å². The molecule has 1 unspecified atom stereocenters. The molecule has 1 saturated carbocycles. The van der Waals surface area contributed by atoms with Crippen molar-refractivity contribution in [1.29, 1.82) is 0 Å². The number of ether oxygens (including phenoxy) is 2. The average Bonchev–Trinajstić information content (AvgIpc) is 3.21. The number of nitrogens with one attached hydrogen (secondary N) is 1. The molecule has 1 fully saturated rings. The van der Waals surface area contributed by atoms with Gasteiger partial charge >= 0.3 is 5.97 Å². The van der Waals surface area contributed by atoms with Crippen LogP contribution in [0.3, 0.4) is 0 Å². The molecule has 1 N–H and O–H groups in total. The third kappa shape index (κ3) is 5.00. The van der Waals surface area contributed by atoms with Gasteiger partial charge in [-0.05, 0) is 53.9 Å².